The van der Waals surface area contributed by atoms with Gasteiger partial charge in [0.15, 0.2) is 0 Å². The molecule has 0 heterocycles. The summed E-state index contributed by atoms with van der Waals surface area (Å²) < 4.78 is 7.62. The molecule has 4 rings (SSSR count). The highest BCUT2D eigenvalue weighted by atomic mass is 79.9. The van der Waals surface area contributed by atoms with Gasteiger partial charge in [-0.3, -0.25) is 4.90 Å². The smallest absolute Gasteiger partial charge is 0.414 e. The van der Waals surface area contributed by atoms with Gasteiger partial charge in [-0.25, -0.2) is 4.79 Å². The summed E-state index contributed by atoms with van der Waals surface area (Å²) in [5.74, 6) is 0. The molecule has 3 nitrogen and oxygen atoms in total. The van der Waals surface area contributed by atoms with Crippen LogP contribution >= 0.6 is 39.5 Å². The second kappa shape index (κ2) is 13.2. The molecule has 4 aromatic rings. The van der Waals surface area contributed by atoms with Gasteiger partial charge in [-0.2, -0.15) is 0 Å². The third-order valence-corrected chi connectivity index (χ3v) is 7.83. The van der Waals surface area contributed by atoms with Crippen LogP contribution in [-0.4, -0.2) is 11.0 Å². The van der Waals surface area contributed by atoms with E-state index >= 15 is 0 Å². The summed E-state index contributed by atoms with van der Waals surface area (Å²) in [5.41, 5.74) is 1.94. The van der Waals surface area contributed by atoms with Crippen LogP contribution in [-0.2, 0) is 17.9 Å². The van der Waals surface area contributed by atoms with Crippen LogP contribution in [0.3, 0.4) is 0 Å². The van der Waals surface area contributed by atoms with Crippen molar-refractivity contribution in [2.24, 2.45) is 0 Å². The molecule has 0 atom stereocenters. The topological polar surface area (TPSA) is 29.5 Å². The van der Waals surface area contributed by atoms with Gasteiger partial charge in [0.2, 0.25) is 0 Å². The molecular weight excluding hydrogens is 538 g/mol. The molecule has 0 radical (unpaired) electrons. The van der Waals surface area contributed by atoms with E-state index in [4.69, 9.17) is 4.74 Å². The van der Waals surface area contributed by atoms with E-state index in [0.29, 0.717) is 6.54 Å². The van der Waals surface area contributed by atoms with Crippen LogP contribution in [0.15, 0.2) is 140 Å². The highest BCUT2D eigenvalue weighted by molar-refractivity contribution is 9.10. The summed E-state index contributed by atoms with van der Waals surface area (Å²) in [6, 6.07) is 37.9. The van der Waals surface area contributed by atoms with Crippen LogP contribution in [0.4, 0.5) is 4.79 Å². The zero-order valence-electron chi connectivity index (χ0n) is 18.9. The Balaban J connectivity index is 1.63. The van der Waals surface area contributed by atoms with E-state index in [1.54, 1.807) is 28.4 Å². The molecule has 0 aliphatic carbocycles. The fourth-order valence-electron chi connectivity index (χ4n) is 3.19. The lowest BCUT2D eigenvalue weighted by Crippen LogP contribution is -2.26. The first-order chi connectivity index (χ1) is 17.2. The maximum atomic E-state index is 13.3. The number of amides is 1. The van der Waals surface area contributed by atoms with Crippen molar-refractivity contribution in [2.45, 2.75) is 22.9 Å². The van der Waals surface area contributed by atoms with Gasteiger partial charge in [0, 0.05) is 20.5 Å². The number of carbonyl (C=O) groups excluding carboxylic acids is 1. The largest absolute Gasteiger partial charge is 0.444 e. The van der Waals surface area contributed by atoms with E-state index in [-0.39, 0.29) is 6.61 Å². The van der Waals surface area contributed by atoms with Crippen molar-refractivity contribution in [2.75, 3.05) is 0 Å². The van der Waals surface area contributed by atoms with Gasteiger partial charge < -0.3 is 4.74 Å². The van der Waals surface area contributed by atoms with Crippen molar-refractivity contribution >= 4 is 45.5 Å². The fraction of sp³-hybridized carbons (Fsp3) is 0.0690. The first-order valence-corrected chi connectivity index (χ1v) is 13.5. The maximum absolute atomic E-state index is 13.3. The van der Waals surface area contributed by atoms with E-state index in [9.17, 15) is 4.79 Å². The van der Waals surface area contributed by atoms with E-state index in [0.717, 1.165) is 29.6 Å². The lowest BCUT2D eigenvalue weighted by atomic mass is 10.2. The van der Waals surface area contributed by atoms with E-state index in [1.165, 1.54) is 0 Å². The molecule has 0 saturated carbocycles. The third kappa shape index (κ3) is 8.06. The number of hydrogen-bond acceptors (Lipinski definition) is 4. The normalized spacial score (nSPS) is 10.4. The predicted molar refractivity (Wildman–Crippen MR) is 149 cm³/mol. The SMILES string of the molecule is O=C(OCc1ccccc1)N(C=C(Sc1ccccc1)Sc1ccccc1)Cc1ccccc1Br. The van der Waals surface area contributed by atoms with Crippen molar-refractivity contribution in [1.82, 2.24) is 4.90 Å². The quantitative estimate of drug-likeness (QED) is 0.191. The standard InChI is InChI=1S/C29H24BrNO2S2/c30-27-19-11-10-14-24(27)20-31(29(32)33-22-23-12-4-1-5-13-23)21-28(34-25-15-6-2-7-16-25)35-26-17-8-3-9-18-26/h1-19,21H,20,22H2. The number of hydrogen-bond donors (Lipinski definition) is 0. The van der Waals surface area contributed by atoms with Crippen molar-refractivity contribution < 1.29 is 9.53 Å². The third-order valence-electron chi connectivity index (χ3n) is 4.92. The summed E-state index contributed by atoms with van der Waals surface area (Å²) >= 11 is 6.86. The second-order valence-corrected chi connectivity index (χ2v) is 10.9. The minimum Gasteiger partial charge on any atom is -0.444 e. The Morgan fingerprint density at radius 2 is 1.26 bits per heavy atom. The van der Waals surface area contributed by atoms with Gasteiger partial charge in [-0.1, -0.05) is 124 Å². The van der Waals surface area contributed by atoms with Crippen LogP contribution in [0, 0.1) is 0 Å². The molecule has 4 aromatic carbocycles. The van der Waals surface area contributed by atoms with E-state index in [2.05, 4.69) is 40.2 Å². The zero-order chi connectivity index (χ0) is 24.3. The number of nitrogens with zero attached hydrogens (tertiary/aromatic N) is 1. The summed E-state index contributed by atoms with van der Waals surface area (Å²) in [6.07, 6.45) is 1.49. The number of carbonyl (C=O) groups is 1. The van der Waals surface area contributed by atoms with Gasteiger partial charge in [0.05, 0.1) is 10.8 Å². The number of rotatable bonds is 9. The molecule has 6 heteroatoms. The maximum Gasteiger partial charge on any atom is 0.414 e. The average molecular weight is 563 g/mol. The first kappa shape index (κ1) is 25.2. The highest BCUT2D eigenvalue weighted by Crippen LogP contribution is 2.39. The molecule has 0 aliphatic heterocycles. The van der Waals surface area contributed by atoms with Crippen LogP contribution in [0.2, 0.25) is 0 Å². The summed E-state index contributed by atoms with van der Waals surface area (Å²) in [7, 11) is 0. The molecule has 0 saturated heterocycles. The van der Waals surface area contributed by atoms with Crippen LogP contribution in [0.25, 0.3) is 0 Å². The Hall–Kier alpha value is -2.93. The zero-order valence-corrected chi connectivity index (χ0v) is 22.1. The summed E-state index contributed by atoms with van der Waals surface area (Å²) in [5, 5.41) is 0. The van der Waals surface area contributed by atoms with Crippen molar-refractivity contribution in [1.29, 1.82) is 0 Å². The predicted octanol–water partition coefficient (Wildman–Crippen LogP) is 8.97. The minimum absolute atomic E-state index is 0.215. The number of ether oxygens (including phenoxy) is 1. The molecule has 0 aromatic heterocycles. The van der Waals surface area contributed by atoms with E-state index in [1.807, 2.05) is 97.2 Å². The van der Waals surface area contributed by atoms with Gasteiger partial charge >= 0.3 is 6.09 Å². The second-order valence-electron chi connectivity index (χ2n) is 7.54. The van der Waals surface area contributed by atoms with Gasteiger partial charge in [0.1, 0.15) is 6.61 Å². The van der Waals surface area contributed by atoms with E-state index < -0.39 is 6.09 Å². The summed E-state index contributed by atoms with van der Waals surface area (Å²) in [6.45, 7) is 0.593. The molecule has 176 valence electrons. The Kier molecular flexibility index (Phi) is 9.52. The average Bonchev–Trinajstić information content (AvgIpc) is 2.90. The minimum atomic E-state index is -0.399. The fourth-order valence-corrected chi connectivity index (χ4v) is 5.75. The Bertz CT molecular complexity index is 1210. The van der Waals surface area contributed by atoms with Gasteiger partial charge in [-0.05, 0) is 41.5 Å². The molecular formula is C29H24BrNO2S2. The molecule has 0 N–H and O–H groups in total. The van der Waals surface area contributed by atoms with Crippen LogP contribution < -0.4 is 0 Å². The molecule has 0 aliphatic rings. The molecule has 0 bridgehead atoms. The molecule has 35 heavy (non-hydrogen) atoms. The summed E-state index contributed by atoms with van der Waals surface area (Å²) in [4.78, 5) is 17.1. The molecule has 1 amide bonds. The van der Waals surface area contributed by atoms with Crippen molar-refractivity contribution in [3.05, 3.63) is 141 Å². The molecule has 0 fully saturated rings. The van der Waals surface area contributed by atoms with Crippen LogP contribution in [0.5, 0.6) is 0 Å². The lowest BCUT2D eigenvalue weighted by molar-refractivity contribution is 0.109. The Morgan fingerprint density at radius 3 is 1.83 bits per heavy atom. The molecule has 0 unspecified atom stereocenters. The Labute approximate surface area is 223 Å². The number of thioether (sulfide) groups is 2. The lowest BCUT2D eigenvalue weighted by Gasteiger charge is -2.21. The first-order valence-electron chi connectivity index (χ1n) is 11.1. The van der Waals surface area contributed by atoms with Gasteiger partial charge in [0.25, 0.3) is 0 Å². The number of halogens is 1. The van der Waals surface area contributed by atoms with Crippen molar-refractivity contribution in [3.63, 3.8) is 0 Å². The van der Waals surface area contributed by atoms with Crippen LogP contribution in [0.1, 0.15) is 11.1 Å². The van der Waals surface area contributed by atoms with Gasteiger partial charge in [-0.15, -0.1) is 0 Å². The number of benzene rings is 4. The molecule has 0 spiro atoms. The highest BCUT2D eigenvalue weighted by Gasteiger charge is 2.17. The Morgan fingerprint density at radius 1 is 0.743 bits per heavy atom. The monoisotopic (exact) mass is 561 g/mol. The van der Waals surface area contributed by atoms with Crippen molar-refractivity contribution in [3.8, 4) is 0 Å².